The summed E-state index contributed by atoms with van der Waals surface area (Å²) in [5, 5.41) is 0.272. The van der Waals surface area contributed by atoms with E-state index in [0.717, 1.165) is 6.42 Å². The van der Waals surface area contributed by atoms with Gasteiger partial charge in [-0.05, 0) is 54.5 Å². The van der Waals surface area contributed by atoms with Crippen molar-refractivity contribution < 1.29 is 4.43 Å². The van der Waals surface area contributed by atoms with Gasteiger partial charge in [0, 0.05) is 0 Å². The van der Waals surface area contributed by atoms with Crippen LogP contribution in [0.3, 0.4) is 0 Å². The highest BCUT2D eigenvalue weighted by molar-refractivity contribution is 6.74. The molecule has 0 bridgehead atoms. The Hall–Kier alpha value is -0.343. The van der Waals surface area contributed by atoms with Crippen LogP contribution in [0.25, 0.3) is 0 Å². The Balaban J connectivity index is 3.03. The Labute approximate surface area is 121 Å². The first kappa shape index (κ1) is 16.7. The fourth-order valence-electron chi connectivity index (χ4n) is 2.67. The molecule has 110 valence electrons. The van der Waals surface area contributed by atoms with Crippen molar-refractivity contribution in [1.82, 2.24) is 0 Å². The molecule has 0 aromatic heterocycles. The summed E-state index contributed by atoms with van der Waals surface area (Å²) >= 11 is 0. The zero-order valence-corrected chi connectivity index (χ0v) is 15.2. The van der Waals surface area contributed by atoms with Crippen LogP contribution in [-0.4, -0.2) is 14.4 Å². The summed E-state index contributed by atoms with van der Waals surface area (Å²) < 4.78 is 6.61. The zero-order chi connectivity index (χ0) is 15.1. The lowest BCUT2D eigenvalue weighted by Crippen LogP contribution is -2.45. The predicted octanol–water partition coefficient (Wildman–Crippen LogP) is 5.70. The third-order valence-electron chi connectivity index (χ3n) is 5.12. The van der Waals surface area contributed by atoms with Crippen molar-refractivity contribution in [2.75, 3.05) is 0 Å². The Bertz CT molecular complexity index is 383. The van der Waals surface area contributed by atoms with Crippen LogP contribution in [0.5, 0.6) is 0 Å². The molecule has 0 heterocycles. The minimum atomic E-state index is -1.69. The van der Waals surface area contributed by atoms with E-state index >= 15 is 0 Å². The van der Waals surface area contributed by atoms with Crippen molar-refractivity contribution in [3.63, 3.8) is 0 Å². The first-order chi connectivity index (χ1) is 8.42. The second kappa shape index (κ2) is 5.21. The molecule has 0 unspecified atom stereocenters. The molecule has 0 spiro atoms. The highest BCUT2D eigenvalue weighted by Gasteiger charge is 2.41. The molecule has 0 radical (unpaired) electrons. The third-order valence-corrected chi connectivity index (χ3v) is 9.60. The smallest absolute Gasteiger partial charge is 0.192 e. The Morgan fingerprint density at radius 2 is 1.84 bits per heavy atom. The van der Waals surface area contributed by atoms with Gasteiger partial charge in [0.1, 0.15) is 0 Å². The van der Waals surface area contributed by atoms with Gasteiger partial charge in [-0.15, -0.1) is 0 Å². The number of rotatable bonds is 3. The van der Waals surface area contributed by atoms with Crippen LogP contribution in [0, 0.1) is 5.41 Å². The molecule has 1 nitrogen and oxygen atoms in total. The quantitative estimate of drug-likeness (QED) is 0.603. The summed E-state index contributed by atoms with van der Waals surface area (Å²) in [5.41, 5.74) is 3.04. The highest BCUT2D eigenvalue weighted by Crippen LogP contribution is 2.44. The van der Waals surface area contributed by atoms with Crippen molar-refractivity contribution >= 4 is 8.32 Å². The minimum absolute atomic E-state index is 0.249. The molecule has 0 fully saturated rings. The normalized spacial score (nSPS) is 24.5. The molecule has 0 aliphatic heterocycles. The first-order valence-corrected chi connectivity index (χ1v) is 10.3. The molecule has 1 rings (SSSR count). The van der Waals surface area contributed by atoms with Crippen molar-refractivity contribution in [1.29, 1.82) is 0 Å². The van der Waals surface area contributed by atoms with Gasteiger partial charge in [0.05, 0.1) is 6.10 Å². The van der Waals surface area contributed by atoms with Gasteiger partial charge in [0.2, 0.25) is 0 Å². The molecule has 0 aromatic rings. The monoisotopic (exact) mass is 280 g/mol. The fourth-order valence-corrected chi connectivity index (χ4v) is 4.03. The second-order valence-electron chi connectivity index (χ2n) is 8.09. The van der Waals surface area contributed by atoms with E-state index in [-0.39, 0.29) is 10.5 Å². The molecular weight excluding hydrogens is 248 g/mol. The van der Waals surface area contributed by atoms with E-state index in [4.69, 9.17) is 4.43 Å². The molecule has 1 aliphatic rings. The lowest BCUT2D eigenvalue weighted by Gasteiger charge is -2.44. The fraction of sp³-hybridized carbons (Fsp3) is 0.765. The number of hydrogen-bond acceptors (Lipinski definition) is 1. The maximum Gasteiger partial charge on any atom is 0.192 e. The van der Waals surface area contributed by atoms with E-state index in [1.807, 2.05) is 6.08 Å². The molecule has 0 amide bonds. The Morgan fingerprint density at radius 3 is 2.26 bits per heavy atom. The van der Waals surface area contributed by atoms with Gasteiger partial charge in [-0.3, -0.25) is 0 Å². The lowest BCUT2D eigenvalue weighted by molar-refractivity contribution is 0.168. The van der Waals surface area contributed by atoms with Crippen molar-refractivity contribution in [2.24, 2.45) is 5.41 Å². The SMILES string of the molecule is C=CC1=C(C)[C@H](O[Si](C)(C)C(C)(C)C)CCC1(C)C. The minimum Gasteiger partial charge on any atom is -0.410 e. The molecule has 0 saturated carbocycles. The number of allylic oxidation sites excluding steroid dienone is 2. The average Bonchev–Trinajstić information content (AvgIpc) is 2.21. The van der Waals surface area contributed by atoms with Crippen LogP contribution in [0.4, 0.5) is 0 Å². The molecule has 0 aromatic carbocycles. The molecular formula is C17H32OSi. The van der Waals surface area contributed by atoms with Crippen molar-refractivity contribution in [3.05, 3.63) is 23.8 Å². The third kappa shape index (κ3) is 3.40. The molecule has 19 heavy (non-hydrogen) atoms. The maximum absolute atomic E-state index is 6.61. The summed E-state index contributed by atoms with van der Waals surface area (Å²) in [6.45, 7) is 22.5. The molecule has 1 aliphatic carbocycles. The van der Waals surface area contributed by atoms with Gasteiger partial charge in [-0.2, -0.15) is 0 Å². The van der Waals surface area contributed by atoms with Gasteiger partial charge in [-0.1, -0.05) is 47.3 Å². The van der Waals surface area contributed by atoms with Crippen LogP contribution < -0.4 is 0 Å². The Morgan fingerprint density at radius 1 is 1.32 bits per heavy atom. The van der Waals surface area contributed by atoms with E-state index in [0.29, 0.717) is 6.10 Å². The summed E-state index contributed by atoms with van der Waals surface area (Å²) in [5.74, 6) is 0. The first-order valence-electron chi connectivity index (χ1n) is 7.44. The van der Waals surface area contributed by atoms with E-state index in [1.165, 1.54) is 17.6 Å². The summed E-state index contributed by atoms with van der Waals surface area (Å²) in [7, 11) is -1.69. The number of hydrogen-bond donors (Lipinski definition) is 0. The molecule has 2 heteroatoms. The predicted molar refractivity (Wildman–Crippen MR) is 88.0 cm³/mol. The summed E-state index contributed by atoms with van der Waals surface area (Å²) in [6.07, 6.45) is 4.66. The van der Waals surface area contributed by atoms with Crippen LogP contribution in [0.1, 0.15) is 54.4 Å². The van der Waals surface area contributed by atoms with E-state index in [1.54, 1.807) is 0 Å². The van der Waals surface area contributed by atoms with E-state index < -0.39 is 8.32 Å². The van der Waals surface area contributed by atoms with Gasteiger partial charge in [0.15, 0.2) is 8.32 Å². The second-order valence-corrected chi connectivity index (χ2v) is 12.8. The van der Waals surface area contributed by atoms with Crippen LogP contribution >= 0.6 is 0 Å². The lowest BCUT2D eigenvalue weighted by atomic mass is 9.72. The largest absolute Gasteiger partial charge is 0.410 e. The van der Waals surface area contributed by atoms with Crippen molar-refractivity contribution in [3.8, 4) is 0 Å². The van der Waals surface area contributed by atoms with E-state index in [9.17, 15) is 0 Å². The molecule has 0 N–H and O–H groups in total. The van der Waals surface area contributed by atoms with Gasteiger partial charge in [0.25, 0.3) is 0 Å². The van der Waals surface area contributed by atoms with Gasteiger partial charge in [-0.25, -0.2) is 0 Å². The summed E-state index contributed by atoms with van der Waals surface area (Å²) in [6, 6.07) is 0. The van der Waals surface area contributed by atoms with Crippen LogP contribution in [-0.2, 0) is 4.43 Å². The average molecular weight is 281 g/mol. The molecule has 0 saturated heterocycles. The van der Waals surface area contributed by atoms with Gasteiger partial charge >= 0.3 is 0 Å². The van der Waals surface area contributed by atoms with Crippen LogP contribution in [0.2, 0.25) is 18.1 Å². The van der Waals surface area contributed by atoms with Crippen LogP contribution in [0.15, 0.2) is 23.8 Å². The van der Waals surface area contributed by atoms with Gasteiger partial charge < -0.3 is 4.43 Å². The van der Waals surface area contributed by atoms with E-state index in [2.05, 4.69) is 61.2 Å². The summed E-state index contributed by atoms with van der Waals surface area (Å²) in [4.78, 5) is 0. The zero-order valence-electron chi connectivity index (χ0n) is 14.2. The topological polar surface area (TPSA) is 9.23 Å². The highest BCUT2D eigenvalue weighted by atomic mass is 28.4. The standard InChI is InChI=1S/C17H32OSi/c1-10-14-13(2)15(11-12-17(14,6)7)18-19(8,9)16(3,4)5/h10,15H,1,11-12H2,2-9H3/t15-/m1/s1. The van der Waals surface area contributed by atoms with Crippen molar-refractivity contribution in [2.45, 2.75) is 78.6 Å². The maximum atomic E-state index is 6.61. The molecule has 1 atom stereocenters. The Kier molecular flexibility index (Phi) is 4.58.